The summed E-state index contributed by atoms with van der Waals surface area (Å²) in [6.07, 6.45) is -7.90. The van der Waals surface area contributed by atoms with Crippen molar-refractivity contribution in [1.82, 2.24) is 38.9 Å². The molecule has 6 aromatic rings. The molecule has 0 bridgehead atoms. The lowest BCUT2D eigenvalue weighted by molar-refractivity contribution is -0.154. The zero-order valence-electron chi connectivity index (χ0n) is 42.3. The van der Waals surface area contributed by atoms with Gasteiger partial charge in [-0.05, 0) is 76.9 Å². The van der Waals surface area contributed by atoms with Crippen LogP contribution in [0.5, 0.6) is 11.5 Å². The summed E-state index contributed by atoms with van der Waals surface area (Å²) in [6, 6.07) is 11.2. The first-order valence-electron chi connectivity index (χ1n) is 23.7. The maximum Gasteiger partial charge on any atom is 0.508 e. The van der Waals surface area contributed by atoms with Crippen LogP contribution < -0.4 is 9.47 Å². The smallest absolute Gasteiger partial charge is 0.484 e. The van der Waals surface area contributed by atoms with Crippen LogP contribution in [0.2, 0.25) is 0 Å². The molecular weight excluding hydrogens is 1050 g/mol. The molecule has 4 heterocycles. The van der Waals surface area contributed by atoms with Gasteiger partial charge in [-0.3, -0.25) is 18.4 Å². The number of nitrogens with zero attached hydrogens (tertiary/aromatic N) is 8. The van der Waals surface area contributed by atoms with Gasteiger partial charge in [0.05, 0.1) is 92.9 Å². The van der Waals surface area contributed by atoms with Crippen LogP contribution >= 0.6 is 0 Å². The van der Waals surface area contributed by atoms with E-state index in [1.54, 1.807) is 64.1 Å². The van der Waals surface area contributed by atoms with E-state index < -0.39 is 78.6 Å². The molecule has 2 aromatic carbocycles. The normalized spacial score (nSPS) is 12.7. The van der Waals surface area contributed by atoms with Crippen LogP contribution in [-0.4, -0.2) is 157 Å². The Morgan fingerprint density at radius 1 is 0.579 bits per heavy atom. The number of ether oxygens (including phenoxy) is 6. The summed E-state index contributed by atoms with van der Waals surface area (Å²) in [7, 11) is -4.20. The average molecular weight is 1110 g/mol. The second-order valence-corrected chi connectivity index (χ2v) is 19.5. The number of aryl methyl sites for hydroxylation is 2. The summed E-state index contributed by atoms with van der Waals surface area (Å²) in [4.78, 5) is 62.4. The van der Waals surface area contributed by atoms with Gasteiger partial charge in [-0.1, -0.05) is 24.3 Å². The fourth-order valence-corrected chi connectivity index (χ4v) is 10.1. The van der Waals surface area contributed by atoms with Crippen molar-refractivity contribution in [1.29, 1.82) is 0 Å². The van der Waals surface area contributed by atoms with Gasteiger partial charge in [0.2, 0.25) is 10.3 Å². The monoisotopic (exact) mass is 1110 g/mol. The lowest BCUT2D eigenvalue weighted by atomic mass is 10.2. The molecule has 19 nitrogen and oxygen atoms in total. The lowest BCUT2D eigenvalue weighted by Gasteiger charge is -2.24. The van der Waals surface area contributed by atoms with Crippen LogP contribution in [-0.2, 0) is 52.1 Å². The van der Waals surface area contributed by atoms with E-state index in [0.29, 0.717) is 46.4 Å². The van der Waals surface area contributed by atoms with Crippen molar-refractivity contribution >= 4 is 61.9 Å². The Bertz CT molecular complexity index is 2860. The van der Waals surface area contributed by atoms with Crippen molar-refractivity contribution in [3.63, 3.8) is 0 Å². The third-order valence-corrected chi connectivity index (χ3v) is 13.9. The molecule has 6 rings (SSSR count). The Hall–Kier alpha value is -6.71. The largest absolute Gasteiger partial charge is 0.508 e. The first-order chi connectivity index (χ1) is 36.1. The standard InChI is InChI=1S/C49H56F6N8O11S2/c1-7-69-23-19-60(45(64)62-37-13-9-11-31(3)41(37)58-43(62)75(67)27-35-33(5)39(15-17-56-35)73-29-48(50,51)52)21-25-71-47(66)72-26-22-61(20-24-70-8-2)46(65)63-38-14-10-12-32(4)42(38)59-44(63)76(68)28-36-34(6)40(16-18-57-36)74-30-49(53,54)55/h9-18H,7-8,19-30H2,1-6H3. The van der Waals surface area contributed by atoms with Crippen molar-refractivity contribution in [2.75, 3.05) is 79.0 Å². The Labute approximate surface area is 437 Å². The van der Waals surface area contributed by atoms with Crippen LogP contribution in [0.25, 0.3) is 22.1 Å². The third-order valence-electron chi connectivity index (χ3n) is 11.5. The number of hydrogen-bond acceptors (Lipinski definition) is 15. The minimum Gasteiger partial charge on any atom is -0.484 e. The summed E-state index contributed by atoms with van der Waals surface area (Å²) in [6.45, 7) is 6.33. The number of carbonyl (C=O) groups is 3. The van der Waals surface area contributed by atoms with Gasteiger partial charge >= 0.3 is 30.6 Å². The summed E-state index contributed by atoms with van der Waals surface area (Å²) >= 11 is 0. The number of hydrogen-bond donors (Lipinski definition) is 0. The van der Waals surface area contributed by atoms with E-state index in [9.17, 15) is 49.1 Å². The van der Waals surface area contributed by atoms with Gasteiger partial charge in [-0.2, -0.15) is 26.3 Å². The zero-order valence-corrected chi connectivity index (χ0v) is 44.0. The molecule has 0 aliphatic heterocycles. The molecule has 4 aromatic heterocycles. The summed E-state index contributed by atoms with van der Waals surface area (Å²) < 4.78 is 140. The highest BCUT2D eigenvalue weighted by atomic mass is 32.2. The fourth-order valence-electron chi connectivity index (χ4n) is 7.58. The van der Waals surface area contributed by atoms with Crippen LogP contribution in [0.4, 0.5) is 40.7 Å². The minimum atomic E-state index is -4.60. The first-order valence-corrected chi connectivity index (χ1v) is 26.3. The molecule has 2 amide bonds. The van der Waals surface area contributed by atoms with Gasteiger partial charge in [0.15, 0.2) is 13.2 Å². The quantitative estimate of drug-likeness (QED) is 0.0317. The summed E-state index contributed by atoms with van der Waals surface area (Å²) in [5, 5.41) is -0.343. The highest BCUT2D eigenvalue weighted by molar-refractivity contribution is 7.84. The molecule has 0 fully saturated rings. The number of fused-ring (bicyclic) bond motifs is 2. The van der Waals surface area contributed by atoms with E-state index in [4.69, 9.17) is 28.4 Å². The fraction of sp³-hybridized carbons (Fsp3) is 0.449. The molecular formula is C49H56F6N8O11S2. The van der Waals surface area contributed by atoms with Gasteiger partial charge in [-0.25, -0.2) is 33.5 Å². The molecule has 0 spiro atoms. The predicted molar refractivity (Wildman–Crippen MR) is 265 cm³/mol. The van der Waals surface area contributed by atoms with Gasteiger partial charge in [0.25, 0.3) is 0 Å². The van der Waals surface area contributed by atoms with Crippen LogP contribution in [0, 0.1) is 27.7 Å². The molecule has 0 N–H and O–H groups in total. The zero-order chi connectivity index (χ0) is 55.3. The molecule has 0 saturated carbocycles. The van der Waals surface area contributed by atoms with E-state index in [-0.39, 0.29) is 95.2 Å². The van der Waals surface area contributed by atoms with Crippen LogP contribution in [0.3, 0.4) is 0 Å². The maximum atomic E-state index is 14.6. The minimum absolute atomic E-state index is 0.0209. The van der Waals surface area contributed by atoms with Crippen molar-refractivity contribution in [3.05, 3.63) is 94.6 Å². The number of aromatic nitrogens is 6. The Balaban J connectivity index is 1.16. The Morgan fingerprint density at radius 2 is 0.961 bits per heavy atom. The van der Waals surface area contributed by atoms with Crippen molar-refractivity contribution in [2.24, 2.45) is 0 Å². The van der Waals surface area contributed by atoms with Crippen LogP contribution in [0.15, 0.2) is 71.2 Å². The molecule has 0 radical (unpaired) electrons. The van der Waals surface area contributed by atoms with E-state index >= 15 is 0 Å². The molecule has 27 heteroatoms. The van der Waals surface area contributed by atoms with Crippen molar-refractivity contribution in [3.8, 4) is 11.5 Å². The summed E-state index contributed by atoms with van der Waals surface area (Å²) in [5.74, 6) is -0.889. The molecule has 0 aliphatic rings. The number of halogens is 6. The van der Waals surface area contributed by atoms with Crippen LogP contribution in [0.1, 0.15) is 47.5 Å². The second-order valence-electron chi connectivity index (χ2n) is 16.8. The second kappa shape index (κ2) is 26.4. The van der Waals surface area contributed by atoms with E-state index in [0.717, 1.165) is 9.13 Å². The topological polar surface area (TPSA) is 209 Å². The molecule has 0 aliphatic carbocycles. The number of carbonyl (C=O) groups excluding carboxylic acids is 3. The van der Waals surface area contributed by atoms with E-state index in [2.05, 4.69) is 19.9 Å². The molecule has 412 valence electrons. The Kier molecular flexibility index (Phi) is 20.3. The highest BCUT2D eigenvalue weighted by Gasteiger charge is 2.32. The number of para-hydroxylation sites is 2. The lowest BCUT2D eigenvalue weighted by Crippen LogP contribution is -2.41. The van der Waals surface area contributed by atoms with Crippen molar-refractivity contribution in [2.45, 2.75) is 75.7 Å². The summed E-state index contributed by atoms with van der Waals surface area (Å²) in [5.41, 5.74) is 3.38. The van der Waals surface area contributed by atoms with E-state index in [1.807, 2.05) is 0 Å². The van der Waals surface area contributed by atoms with Gasteiger partial charge in [0.1, 0.15) is 24.7 Å². The number of alkyl halides is 6. The predicted octanol–water partition coefficient (Wildman–Crippen LogP) is 8.37. The number of amides is 2. The number of benzene rings is 2. The van der Waals surface area contributed by atoms with Gasteiger partial charge < -0.3 is 38.2 Å². The SMILES string of the molecule is CCOCCN(CCOC(=O)OCCN(CCOCC)C(=O)n1c(S(=O)Cc2nccc(OCC(F)(F)F)c2C)nc2c(C)cccc21)C(=O)n1c(S(=O)Cc2nccc(OCC(F)(F)F)c2C)nc2c(C)cccc21. The molecule has 2 unspecified atom stereocenters. The van der Waals surface area contributed by atoms with Gasteiger partial charge in [0, 0.05) is 49.8 Å². The third kappa shape index (κ3) is 15.2. The molecule has 0 saturated heterocycles. The first kappa shape index (κ1) is 58.5. The maximum absolute atomic E-state index is 14.6. The highest BCUT2D eigenvalue weighted by Crippen LogP contribution is 2.30. The van der Waals surface area contributed by atoms with Crippen molar-refractivity contribution < 1.29 is 77.6 Å². The average Bonchev–Trinajstić information content (AvgIpc) is 4.00. The Morgan fingerprint density at radius 3 is 1.33 bits per heavy atom. The molecule has 76 heavy (non-hydrogen) atoms. The molecule has 2 atom stereocenters. The number of pyridine rings is 2. The van der Waals surface area contributed by atoms with E-state index in [1.165, 1.54) is 48.2 Å². The number of imidazole rings is 2. The van der Waals surface area contributed by atoms with Gasteiger partial charge in [-0.15, -0.1) is 0 Å². The number of rotatable bonds is 24.